The molecule has 5 nitrogen and oxygen atoms in total. The number of likely N-dealkylation sites (N-methyl/N-ethyl adjacent to an activating group) is 1. The van der Waals surface area contributed by atoms with Crippen molar-refractivity contribution in [2.24, 2.45) is 11.5 Å². The minimum Gasteiger partial charge on any atom is -0.368 e. The van der Waals surface area contributed by atoms with Crippen LogP contribution in [-0.2, 0) is 11.2 Å². The van der Waals surface area contributed by atoms with Gasteiger partial charge in [0.05, 0.1) is 5.54 Å². The smallest absolute Gasteiger partial charge is 0.237 e. The van der Waals surface area contributed by atoms with E-state index < -0.39 is 11.4 Å². The second-order valence-corrected chi connectivity index (χ2v) is 4.91. The van der Waals surface area contributed by atoms with Crippen LogP contribution < -0.4 is 11.5 Å². The molecule has 1 amide bonds. The first-order valence-corrected chi connectivity index (χ1v) is 6.09. The molecule has 1 rings (SSSR count). The maximum atomic E-state index is 11.1. The molecule has 5 heteroatoms. The molecule has 0 fully saturated rings. The summed E-state index contributed by atoms with van der Waals surface area (Å²) in [5.41, 5.74) is 11.2. The standard InChI is InChI=1S/C13H22N4O/c1-13(15,12(14)18)7-10-17(2)9-6-11-5-3-4-8-16-11/h3-5,8H,6-7,9-10,15H2,1-2H3,(H2,14,18). The highest BCUT2D eigenvalue weighted by Gasteiger charge is 2.25. The monoisotopic (exact) mass is 250 g/mol. The van der Waals surface area contributed by atoms with Gasteiger partial charge in [0.2, 0.25) is 5.91 Å². The molecule has 0 saturated heterocycles. The molecule has 1 heterocycles. The second-order valence-electron chi connectivity index (χ2n) is 4.91. The summed E-state index contributed by atoms with van der Waals surface area (Å²) in [4.78, 5) is 17.5. The van der Waals surface area contributed by atoms with E-state index in [0.717, 1.165) is 25.2 Å². The molecular formula is C13H22N4O. The fourth-order valence-corrected chi connectivity index (χ4v) is 1.51. The van der Waals surface area contributed by atoms with Crippen LogP contribution in [-0.4, -0.2) is 41.5 Å². The van der Waals surface area contributed by atoms with Gasteiger partial charge in [0.15, 0.2) is 0 Å². The zero-order valence-electron chi connectivity index (χ0n) is 11.1. The lowest BCUT2D eigenvalue weighted by Crippen LogP contribution is -2.51. The fraction of sp³-hybridized carbons (Fsp3) is 0.538. The van der Waals surface area contributed by atoms with Crippen LogP contribution in [0.5, 0.6) is 0 Å². The first kappa shape index (κ1) is 14.6. The Morgan fingerprint density at radius 1 is 1.44 bits per heavy atom. The Kier molecular flexibility index (Phi) is 5.25. The lowest BCUT2D eigenvalue weighted by Gasteiger charge is -2.24. The average Bonchev–Trinajstić information content (AvgIpc) is 2.35. The summed E-state index contributed by atoms with van der Waals surface area (Å²) in [6.45, 7) is 3.29. The normalized spacial score (nSPS) is 14.4. The SMILES string of the molecule is CN(CCc1ccccn1)CCC(C)(N)C(N)=O. The van der Waals surface area contributed by atoms with Crippen LogP contribution in [0.2, 0.25) is 0 Å². The zero-order chi connectivity index (χ0) is 13.6. The Morgan fingerprint density at radius 3 is 2.72 bits per heavy atom. The molecule has 4 N–H and O–H groups in total. The van der Waals surface area contributed by atoms with Crippen LogP contribution in [0.15, 0.2) is 24.4 Å². The number of carbonyl (C=O) groups is 1. The van der Waals surface area contributed by atoms with Crippen LogP contribution in [0.1, 0.15) is 19.0 Å². The van der Waals surface area contributed by atoms with Crippen molar-refractivity contribution in [1.82, 2.24) is 9.88 Å². The molecule has 0 saturated carbocycles. The van der Waals surface area contributed by atoms with E-state index >= 15 is 0 Å². The van der Waals surface area contributed by atoms with Crippen LogP contribution in [0.4, 0.5) is 0 Å². The van der Waals surface area contributed by atoms with E-state index in [1.165, 1.54) is 0 Å². The number of nitrogens with two attached hydrogens (primary N) is 2. The number of primary amides is 1. The summed E-state index contributed by atoms with van der Waals surface area (Å²) in [6, 6.07) is 5.89. The topological polar surface area (TPSA) is 85.2 Å². The van der Waals surface area contributed by atoms with E-state index in [-0.39, 0.29) is 0 Å². The van der Waals surface area contributed by atoms with Gasteiger partial charge < -0.3 is 16.4 Å². The maximum Gasteiger partial charge on any atom is 0.237 e. The van der Waals surface area contributed by atoms with Gasteiger partial charge in [-0.25, -0.2) is 0 Å². The summed E-state index contributed by atoms with van der Waals surface area (Å²) in [6.07, 6.45) is 3.23. The predicted octanol–water partition coefficient (Wildman–Crippen LogP) is 0.149. The van der Waals surface area contributed by atoms with E-state index in [4.69, 9.17) is 11.5 Å². The number of hydrogen-bond donors (Lipinski definition) is 2. The predicted molar refractivity (Wildman–Crippen MR) is 71.8 cm³/mol. The molecule has 18 heavy (non-hydrogen) atoms. The third-order valence-corrected chi connectivity index (χ3v) is 3.05. The minimum absolute atomic E-state index is 0.458. The van der Waals surface area contributed by atoms with Gasteiger partial charge in [-0.05, 0) is 32.5 Å². The molecule has 0 aliphatic carbocycles. The van der Waals surface area contributed by atoms with Gasteiger partial charge >= 0.3 is 0 Å². The van der Waals surface area contributed by atoms with Crippen LogP contribution in [0, 0.1) is 0 Å². The first-order chi connectivity index (χ1) is 8.42. The molecule has 0 bridgehead atoms. The minimum atomic E-state index is -0.931. The second kappa shape index (κ2) is 6.47. The average molecular weight is 250 g/mol. The van der Waals surface area contributed by atoms with Crippen molar-refractivity contribution < 1.29 is 4.79 Å². The van der Waals surface area contributed by atoms with E-state index in [2.05, 4.69) is 9.88 Å². The van der Waals surface area contributed by atoms with Gasteiger partial charge in [-0.3, -0.25) is 9.78 Å². The molecular weight excluding hydrogens is 228 g/mol. The Labute approximate surface area is 108 Å². The fourth-order valence-electron chi connectivity index (χ4n) is 1.51. The molecule has 1 atom stereocenters. The number of rotatable bonds is 7. The number of pyridine rings is 1. The summed E-state index contributed by atoms with van der Waals surface area (Å²) in [5, 5.41) is 0. The Balaban J connectivity index is 2.30. The molecule has 0 spiro atoms. The molecule has 1 unspecified atom stereocenters. The molecule has 0 radical (unpaired) electrons. The number of amides is 1. The van der Waals surface area contributed by atoms with Gasteiger partial charge in [0.25, 0.3) is 0 Å². The molecule has 1 aromatic rings. The van der Waals surface area contributed by atoms with Crippen molar-refractivity contribution in [3.63, 3.8) is 0 Å². The number of nitrogens with zero attached hydrogens (tertiary/aromatic N) is 2. The third-order valence-electron chi connectivity index (χ3n) is 3.05. The van der Waals surface area contributed by atoms with Gasteiger partial charge in [0.1, 0.15) is 0 Å². The molecule has 100 valence electrons. The Bertz CT molecular complexity index is 378. The summed E-state index contributed by atoms with van der Waals surface area (Å²) >= 11 is 0. The van der Waals surface area contributed by atoms with Crippen molar-refractivity contribution in [3.8, 4) is 0 Å². The quantitative estimate of drug-likeness (QED) is 0.721. The van der Waals surface area contributed by atoms with Crippen molar-refractivity contribution >= 4 is 5.91 Å². The van der Waals surface area contributed by atoms with E-state index in [1.54, 1.807) is 13.1 Å². The number of aromatic nitrogens is 1. The van der Waals surface area contributed by atoms with Crippen LogP contribution in [0.25, 0.3) is 0 Å². The zero-order valence-corrected chi connectivity index (χ0v) is 11.1. The van der Waals surface area contributed by atoms with Crippen LogP contribution in [0.3, 0.4) is 0 Å². The van der Waals surface area contributed by atoms with E-state index in [9.17, 15) is 4.79 Å². The van der Waals surface area contributed by atoms with Crippen molar-refractivity contribution in [2.45, 2.75) is 25.3 Å². The van der Waals surface area contributed by atoms with Gasteiger partial charge in [-0.1, -0.05) is 6.07 Å². The number of hydrogen-bond acceptors (Lipinski definition) is 4. The molecule has 0 aliphatic rings. The molecule has 0 aromatic carbocycles. The first-order valence-electron chi connectivity index (χ1n) is 6.09. The largest absolute Gasteiger partial charge is 0.368 e. The maximum absolute atomic E-state index is 11.1. The lowest BCUT2D eigenvalue weighted by atomic mass is 9.98. The third kappa shape index (κ3) is 4.81. The summed E-state index contributed by atoms with van der Waals surface area (Å²) in [5.74, 6) is -0.458. The van der Waals surface area contributed by atoms with Crippen molar-refractivity contribution in [1.29, 1.82) is 0 Å². The number of carbonyl (C=O) groups excluding carboxylic acids is 1. The summed E-state index contributed by atoms with van der Waals surface area (Å²) < 4.78 is 0. The highest BCUT2D eigenvalue weighted by atomic mass is 16.1. The van der Waals surface area contributed by atoms with Crippen molar-refractivity contribution in [2.75, 3.05) is 20.1 Å². The summed E-state index contributed by atoms with van der Waals surface area (Å²) in [7, 11) is 2.00. The van der Waals surface area contributed by atoms with Gasteiger partial charge in [-0.15, -0.1) is 0 Å². The molecule has 0 aliphatic heterocycles. The van der Waals surface area contributed by atoms with Gasteiger partial charge in [0, 0.05) is 31.4 Å². The Hall–Kier alpha value is -1.46. The van der Waals surface area contributed by atoms with Gasteiger partial charge in [-0.2, -0.15) is 0 Å². The lowest BCUT2D eigenvalue weighted by molar-refractivity contribution is -0.122. The molecule has 1 aromatic heterocycles. The van der Waals surface area contributed by atoms with Crippen molar-refractivity contribution in [3.05, 3.63) is 30.1 Å². The Morgan fingerprint density at radius 2 is 2.17 bits per heavy atom. The van der Waals surface area contributed by atoms with E-state index in [1.807, 2.05) is 25.2 Å². The van der Waals surface area contributed by atoms with Crippen LogP contribution >= 0.6 is 0 Å². The highest BCUT2D eigenvalue weighted by Crippen LogP contribution is 2.06. The highest BCUT2D eigenvalue weighted by molar-refractivity contribution is 5.83. The van der Waals surface area contributed by atoms with E-state index in [0.29, 0.717) is 6.42 Å².